The molecule has 8 nitrogen and oxygen atoms in total. The third-order valence-electron chi connectivity index (χ3n) is 6.53. The lowest BCUT2D eigenvalue weighted by molar-refractivity contribution is -0.274. The SMILES string of the molecule is Cc1ccc2nc(-c3ccc(NC(=O)CN4CCN(CC(=O)Nc5ccc(OC(F)(F)F)cc5)CC4)cc3)sc2c1. The molecular weight excluding hydrogens is 555 g/mol. The van der Waals surface area contributed by atoms with E-state index in [1.165, 1.54) is 17.7 Å². The highest BCUT2D eigenvalue weighted by molar-refractivity contribution is 7.21. The molecule has 0 aliphatic carbocycles. The smallest absolute Gasteiger partial charge is 0.406 e. The van der Waals surface area contributed by atoms with Gasteiger partial charge in [-0.3, -0.25) is 19.4 Å². The number of ether oxygens (including phenoxy) is 1. The fourth-order valence-electron chi connectivity index (χ4n) is 4.50. The Morgan fingerprint density at radius 3 is 1.93 bits per heavy atom. The molecule has 3 aromatic carbocycles. The Kier molecular flexibility index (Phi) is 8.52. The summed E-state index contributed by atoms with van der Waals surface area (Å²) in [6.45, 7) is 4.91. The van der Waals surface area contributed by atoms with E-state index in [4.69, 9.17) is 4.98 Å². The van der Waals surface area contributed by atoms with E-state index in [9.17, 15) is 22.8 Å². The van der Waals surface area contributed by atoms with Gasteiger partial charge in [-0.15, -0.1) is 24.5 Å². The maximum Gasteiger partial charge on any atom is 0.573 e. The van der Waals surface area contributed by atoms with Crippen LogP contribution in [0.4, 0.5) is 24.5 Å². The number of rotatable bonds is 8. The zero-order chi connectivity index (χ0) is 29.0. The summed E-state index contributed by atoms with van der Waals surface area (Å²) in [4.78, 5) is 33.7. The predicted octanol–water partition coefficient (Wildman–Crippen LogP) is 5.37. The largest absolute Gasteiger partial charge is 0.573 e. The number of anilines is 2. The van der Waals surface area contributed by atoms with Crippen LogP contribution >= 0.6 is 11.3 Å². The minimum atomic E-state index is -4.77. The van der Waals surface area contributed by atoms with Crippen molar-refractivity contribution in [3.63, 3.8) is 0 Å². The Morgan fingerprint density at radius 2 is 1.39 bits per heavy atom. The van der Waals surface area contributed by atoms with E-state index >= 15 is 0 Å². The number of aromatic nitrogens is 1. The van der Waals surface area contributed by atoms with E-state index < -0.39 is 6.36 Å². The number of nitrogens with zero attached hydrogens (tertiary/aromatic N) is 3. The molecule has 5 rings (SSSR count). The van der Waals surface area contributed by atoms with Gasteiger partial charge in [-0.25, -0.2) is 4.98 Å². The molecule has 41 heavy (non-hydrogen) atoms. The van der Waals surface area contributed by atoms with Gasteiger partial charge in [0.1, 0.15) is 10.8 Å². The summed E-state index contributed by atoms with van der Waals surface area (Å²) in [5.41, 5.74) is 4.26. The number of piperazine rings is 1. The number of nitrogens with one attached hydrogen (secondary N) is 2. The Balaban J connectivity index is 1.04. The molecule has 1 fully saturated rings. The number of alkyl halides is 3. The highest BCUT2D eigenvalue weighted by Gasteiger charge is 2.31. The number of aryl methyl sites for hydroxylation is 1. The molecule has 0 unspecified atom stereocenters. The maximum atomic E-state index is 12.6. The van der Waals surface area contributed by atoms with Crippen LogP contribution in [0.2, 0.25) is 0 Å². The monoisotopic (exact) mass is 583 g/mol. The second-order valence-electron chi connectivity index (χ2n) is 9.79. The van der Waals surface area contributed by atoms with Crippen LogP contribution in [0, 0.1) is 6.92 Å². The third kappa shape index (κ3) is 8.03. The summed E-state index contributed by atoms with van der Waals surface area (Å²) in [7, 11) is 0. The average molecular weight is 584 g/mol. The minimum absolute atomic E-state index is 0.114. The van der Waals surface area contributed by atoms with Gasteiger partial charge >= 0.3 is 6.36 Å². The lowest BCUT2D eigenvalue weighted by Crippen LogP contribution is -2.50. The number of hydrogen-bond donors (Lipinski definition) is 2. The normalized spacial score (nSPS) is 14.6. The molecule has 214 valence electrons. The topological polar surface area (TPSA) is 86.8 Å². The fraction of sp³-hybridized carbons (Fsp3) is 0.276. The standard InChI is InChI=1S/C29H28F3N5O3S/c1-19-2-11-24-25(16-19)41-28(35-24)20-3-5-21(6-4-20)33-26(38)17-36-12-14-37(15-13-36)18-27(39)34-22-7-9-23(10-8-22)40-29(30,31)32/h2-11,16H,12-15,17-18H2,1H3,(H,33,38)(H,34,39). The number of hydrogen-bond acceptors (Lipinski definition) is 7. The molecule has 1 aliphatic heterocycles. The van der Waals surface area contributed by atoms with Gasteiger partial charge in [0.25, 0.3) is 0 Å². The van der Waals surface area contributed by atoms with E-state index in [-0.39, 0.29) is 30.7 Å². The van der Waals surface area contributed by atoms with E-state index in [0.717, 1.165) is 32.9 Å². The van der Waals surface area contributed by atoms with Crippen molar-refractivity contribution in [2.24, 2.45) is 0 Å². The fourth-order valence-corrected chi connectivity index (χ4v) is 5.57. The van der Waals surface area contributed by atoms with Gasteiger partial charge in [-0.05, 0) is 73.2 Å². The van der Waals surface area contributed by atoms with Crippen molar-refractivity contribution < 1.29 is 27.5 Å². The Morgan fingerprint density at radius 1 is 0.854 bits per heavy atom. The quantitative estimate of drug-likeness (QED) is 0.290. The molecule has 0 bridgehead atoms. The van der Waals surface area contributed by atoms with Crippen molar-refractivity contribution in [1.82, 2.24) is 14.8 Å². The van der Waals surface area contributed by atoms with E-state index in [2.05, 4.69) is 28.4 Å². The van der Waals surface area contributed by atoms with Crippen molar-refractivity contribution in [3.8, 4) is 16.3 Å². The van der Waals surface area contributed by atoms with E-state index in [1.54, 1.807) is 11.3 Å². The zero-order valence-corrected chi connectivity index (χ0v) is 23.0. The number of halogens is 3. The Bertz CT molecular complexity index is 1520. The van der Waals surface area contributed by atoms with Crippen LogP contribution in [0.5, 0.6) is 5.75 Å². The highest BCUT2D eigenvalue weighted by Crippen LogP contribution is 2.31. The van der Waals surface area contributed by atoms with Gasteiger partial charge < -0.3 is 15.4 Å². The zero-order valence-electron chi connectivity index (χ0n) is 22.2. The van der Waals surface area contributed by atoms with Gasteiger partial charge in [0, 0.05) is 43.1 Å². The van der Waals surface area contributed by atoms with Crippen molar-refractivity contribution in [2.75, 3.05) is 49.9 Å². The molecule has 0 atom stereocenters. The molecule has 4 aromatic rings. The summed E-state index contributed by atoms with van der Waals surface area (Å²) >= 11 is 1.64. The molecule has 0 saturated carbocycles. The number of fused-ring (bicyclic) bond motifs is 1. The van der Waals surface area contributed by atoms with Crippen molar-refractivity contribution in [3.05, 3.63) is 72.3 Å². The van der Waals surface area contributed by atoms with Gasteiger partial charge in [0.15, 0.2) is 0 Å². The first-order valence-electron chi connectivity index (χ1n) is 13.0. The maximum absolute atomic E-state index is 12.6. The first-order valence-corrected chi connectivity index (χ1v) is 13.8. The molecule has 0 spiro atoms. The second kappa shape index (κ2) is 12.2. The number of amides is 2. The van der Waals surface area contributed by atoms with Crippen molar-refractivity contribution >= 4 is 44.7 Å². The molecule has 2 heterocycles. The van der Waals surface area contributed by atoms with Gasteiger partial charge in [0.05, 0.1) is 23.3 Å². The first kappa shape index (κ1) is 28.5. The van der Waals surface area contributed by atoms with Crippen LogP contribution in [-0.4, -0.2) is 72.2 Å². The molecule has 1 aromatic heterocycles. The summed E-state index contributed by atoms with van der Waals surface area (Å²) in [5.74, 6) is -0.741. The molecule has 2 amide bonds. The second-order valence-corrected chi connectivity index (χ2v) is 10.8. The Labute approximate surface area is 238 Å². The molecule has 2 N–H and O–H groups in total. The highest BCUT2D eigenvalue weighted by atomic mass is 32.1. The summed E-state index contributed by atoms with van der Waals surface area (Å²) in [6, 6.07) is 18.8. The molecule has 12 heteroatoms. The third-order valence-corrected chi connectivity index (χ3v) is 7.60. The number of carbonyl (C=O) groups excluding carboxylic acids is 2. The summed E-state index contributed by atoms with van der Waals surface area (Å²) in [5, 5.41) is 6.55. The van der Waals surface area contributed by atoms with Crippen molar-refractivity contribution in [1.29, 1.82) is 0 Å². The van der Waals surface area contributed by atoms with Crippen LogP contribution in [0.15, 0.2) is 66.7 Å². The predicted molar refractivity (Wildman–Crippen MR) is 153 cm³/mol. The Hall–Kier alpha value is -4.00. The molecule has 1 aliphatic rings. The van der Waals surface area contributed by atoms with Crippen LogP contribution in [0.1, 0.15) is 5.56 Å². The number of benzene rings is 3. The average Bonchev–Trinajstić information content (AvgIpc) is 3.34. The van der Waals surface area contributed by atoms with Crippen LogP contribution in [0.25, 0.3) is 20.8 Å². The van der Waals surface area contributed by atoms with E-state index in [0.29, 0.717) is 37.6 Å². The van der Waals surface area contributed by atoms with Crippen LogP contribution in [-0.2, 0) is 9.59 Å². The summed E-state index contributed by atoms with van der Waals surface area (Å²) < 4.78 is 41.8. The molecule has 0 radical (unpaired) electrons. The summed E-state index contributed by atoms with van der Waals surface area (Å²) in [6.07, 6.45) is -4.77. The van der Waals surface area contributed by atoms with Crippen LogP contribution < -0.4 is 15.4 Å². The molecular formula is C29H28F3N5O3S. The lowest BCUT2D eigenvalue weighted by Gasteiger charge is -2.33. The number of carbonyl (C=O) groups is 2. The van der Waals surface area contributed by atoms with Crippen LogP contribution in [0.3, 0.4) is 0 Å². The van der Waals surface area contributed by atoms with Gasteiger partial charge in [-0.1, -0.05) is 6.07 Å². The molecule has 1 saturated heterocycles. The minimum Gasteiger partial charge on any atom is -0.406 e. The van der Waals surface area contributed by atoms with E-state index in [1.807, 2.05) is 46.2 Å². The van der Waals surface area contributed by atoms with Gasteiger partial charge in [-0.2, -0.15) is 0 Å². The van der Waals surface area contributed by atoms with Crippen molar-refractivity contribution in [2.45, 2.75) is 13.3 Å². The number of thiazole rings is 1. The van der Waals surface area contributed by atoms with Gasteiger partial charge in [0.2, 0.25) is 11.8 Å². The lowest BCUT2D eigenvalue weighted by atomic mass is 10.2. The first-order chi connectivity index (χ1) is 19.6.